The predicted molar refractivity (Wildman–Crippen MR) is 73.7 cm³/mol. The second-order valence-corrected chi connectivity index (χ2v) is 6.84. The number of hydrogen-bond donors (Lipinski definition) is 1. The van der Waals surface area contributed by atoms with Crippen LogP contribution in [0, 0.1) is 0 Å². The van der Waals surface area contributed by atoms with E-state index >= 15 is 0 Å². The third-order valence-electron chi connectivity index (χ3n) is 4.25. The number of likely N-dealkylation sites (tertiary alicyclic amines) is 1. The van der Waals surface area contributed by atoms with Gasteiger partial charge >= 0.3 is 0 Å². The third kappa shape index (κ3) is 2.42. The molecule has 1 aliphatic heterocycles. The highest BCUT2D eigenvalue weighted by Gasteiger charge is 2.25. The van der Waals surface area contributed by atoms with Gasteiger partial charge in [0.15, 0.2) is 0 Å². The average molecular weight is 250 g/mol. The van der Waals surface area contributed by atoms with E-state index in [1.807, 2.05) is 11.3 Å². The summed E-state index contributed by atoms with van der Waals surface area (Å²) >= 11 is 2.03. The second kappa shape index (κ2) is 4.71. The van der Waals surface area contributed by atoms with Crippen molar-refractivity contribution in [3.8, 4) is 0 Å². The van der Waals surface area contributed by atoms with Crippen molar-refractivity contribution >= 4 is 11.3 Å². The van der Waals surface area contributed by atoms with Gasteiger partial charge in [-0.05, 0) is 51.3 Å². The minimum absolute atomic E-state index is 0.687. The second-order valence-electron chi connectivity index (χ2n) is 5.62. The molecule has 94 valence electrons. The number of aryl methyl sites for hydroxylation is 2. The number of hydrogen-bond acceptors (Lipinski definition) is 3. The molecule has 2 nitrogen and oxygen atoms in total. The maximum Gasteiger partial charge on any atom is 0.0303 e. The van der Waals surface area contributed by atoms with Crippen molar-refractivity contribution in [2.75, 3.05) is 13.6 Å². The van der Waals surface area contributed by atoms with Crippen LogP contribution in [-0.4, -0.2) is 30.6 Å². The maximum atomic E-state index is 3.72. The molecular weight excluding hydrogens is 228 g/mol. The summed E-state index contributed by atoms with van der Waals surface area (Å²) in [7, 11) is 2.23. The predicted octanol–water partition coefficient (Wildman–Crippen LogP) is 2.42. The molecule has 2 aliphatic rings. The molecule has 0 radical (unpaired) electrons. The molecule has 1 fully saturated rings. The highest BCUT2D eigenvalue weighted by Crippen LogP contribution is 2.30. The highest BCUT2D eigenvalue weighted by atomic mass is 32.1. The van der Waals surface area contributed by atoms with Crippen molar-refractivity contribution in [2.24, 2.45) is 0 Å². The lowest BCUT2D eigenvalue weighted by atomic mass is 10.2. The van der Waals surface area contributed by atoms with E-state index in [2.05, 4.69) is 30.3 Å². The molecular formula is C14H22N2S. The van der Waals surface area contributed by atoms with Gasteiger partial charge in [0.05, 0.1) is 0 Å². The van der Waals surface area contributed by atoms with Gasteiger partial charge in [-0.15, -0.1) is 11.3 Å². The normalized spacial score (nSPS) is 28.8. The van der Waals surface area contributed by atoms with E-state index < -0.39 is 0 Å². The SMILES string of the molecule is CC1CC(NCc2cc3c(s2)CCC3)CN1C. The first-order chi connectivity index (χ1) is 8.22. The van der Waals surface area contributed by atoms with Gasteiger partial charge in [-0.1, -0.05) is 0 Å². The Hall–Kier alpha value is -0.380. The Kier molecular flexibility index (Phi) is 3.24. The smallest absolute Gasteiger partial charge is 0.0303 e. The Morgan fingerprint density at radius 3 is 3.06 bits per heavy atom. The van der Waals surface area contributed by atoms with Gasteiger partial charge in [0.1, 0.15) is 0 Å². The lowest BCUT2D eigenvalue weighted by Crippen LogP contribution is -2.30. The minimum atomic E-state index is 0.687. The van der Waals surface area contributed by atoms with Crippen molar-refractivity contribution < 1.29 is 0 Å². The lowest BCUT2D eigenvalue weighted by Gasteiger charge is -2.13. The van der Waals surface area contributed by atoms with E-state index in [-0.39, 0.29) is 0 Å². The molecule has 1 saturated heterocycles. The molecule has 1 aromatic rings. The first kappa shape index (κ1) is 11.7. The standard InChI is InChI=1S/C14H22N2S/c1-10-6-12(9-16(10)2)15-8-13-7-11-4-3-5-14(11)17-13/h7,10,12,15H,3-6,8-9H2,1-2H3. The van der Waals surface area contributed by atoms with Crippen LogP contribution in [0.3, 0.4) is 0 Å². The molecule has 0 amide bonds. The summed E-state index contributed by atoms with van der Waals surface area (Å²) in [4.78, 5) is 5.64. The van der Waals surface area contributed by atoms with Crippen LogP contribution in [0.2, 0.25) is 0 Å². The molecule has 0 aromatic carbocycles. The van der Waals surface area contributed by atoms with Gasteiger partial charge in [0.25, 0.3) is 0 Å². The number of thiophene rings is 1. The van der Waals surface area contributed by atoms with E-state index in [9.17, 15) is 0 Å². The molecule has 1 N–H and O–H groups in total. The summed E-state index contributed by atoms with van der Waals surface area (Å²) in [5, 5.41) is 3.72. The van der Waals surface area contributed by atoms with Gasteiger partial charge < -0.3 is 10.2 Å². The highest BCUT2D eigenvalue weighted by molar-refractivity contribution is 7.12. The minimum Gasteiger partial charge on any atom is -0.308 e. The number of fused-ring (bicyclic) bond motifs is 1. The fraction of sp³-hybridized carbons (Fsp3) is 0.714. The quantitative estimate of drug-likeness (QED) is 0.886. The largest absolute Gasteiger partial charge is 0.308 e. The Labute approximate surface area is 108 Å². The fourth-order valence-corrected chi connectivity index (χ4v) is 4.28. The van der Waals surface area contributed by atoms with Crippen LogP contribution in [0.5, 0.6) is 0 Å². The molecule has 17 heavy (non-hydrogen) atoms. The number of likely N-dealkylation sites (N-methyl/N-ethyl adjacent to an activating group) is 1. The molecule has 3 heteroatoms. The summed E-state index contributed by atoms with van der Waals surface area (Å²) in [6.07, 6.45) is 5.31. The van der Waals surface area contributed by atoms with Crippen LogP contribution in [0.25, 0.3) is 0 Å². The first-order valence-corrected chi connectivity index (χ1v) is 7.58. The fourth-order valence-electron chi connectivity index (χ4n) is 3.06. The molecule has 1 aromatic heterocycles. The third-order valence-corrected chi connectivity index (χ3v) is 5.49. The van der Waals surface area contributed by atoms with Gasteiger partial charge in [-0.2, -0.15) is 0 Å². The van der Waals surface area contributed by atoms with Crippen LogP contribution in [0.4, 0.5) is 0 Å². The molecule has 3 rings (SSSR count). The first-order valence-electron chi connectivity index (χ1n) is 6.76. The average Bonchev–Trinajstić information content (AvgIpc) is 2.91. The van der Waals surface area contributed by atoms with E-state index in [4.69, 9.17) is 0 Å². The van der Waals surface area contributed by atoms with Crippen molar-refractivity contribution in [3.05, 3.63) is 21.4 Å². The monoisotopic (exact) mass is 250 g/mol. The summed E-state index contributed by atoms with van der Waals surface area (Å²) < 4.78 is 0. The van der Waals surface area contributed by atoms with Crippen LogP contribution >= 0.6 is 11.3 Å². The van der Waals surface area contributed by atoms with Crippen LogP contribution in [0.15, 0.2) is 6.07 Å². The Morgan fingerprint density at radius 2 is 2.35 bits per heavy atom. The molecule has 2 atom stereocenters. The van der Waals surface area contributed by atoms with Gasteiger partial charge in [0.2, 0.25) is 0 Å². The summed E-state index contributed by atoms with van der Waals surface area (Å²) in [5.74, 6) is 0. The van der Waals surface area contributed by atoms with Crippen molar-refractivity contribution in [2.45, 2.75) is 51.2 Å². The van der Waals surface area contributed by atoms with Crippen molar-refractivity contribution in [3.63, 3.8) is 0 Å². The van der Waals surface area contributed by atoms with Gasteiger partial charge in [-0.3, -0.25) is 0 Å². The van der Waals surface area contributed by atoms with Crippen LogP contribution in [-0.2, 0) is 19.4 Å². The number of rotatable bonds is 3. The maximum absolute atomic E-state index is 3.72. The lowest BCUT2D eigenvalue weighted by molar-refractivity contribution is 0.326. The van der Waals surface area contributed by atoms with E-state index in [1.54, 1.807) is 10.4 Å². The molecule has 1 aliphatic carbocycles. The van der Waals surface area contributed by atoms with Gasteiger partial charge in [0, 0.05) is 34.9 Å². The molecule has 0 spiro atoms. The molecule has 0 bridgehead atoms. The topological polar surface area (TPSA) is 15.3 Å². The molecule has 2 heterocycles. The van der Waals surface area contributed by atoms with Crippen molar-refractivity contribution in [1.29, 1.82) is 0 Å². The Bertz CT molecular complexity index is 367. The Balaban J connectivity index is 1.54. The Morgan fingerprint density at radius 1 is 1.47 bits per heavy atom. The zero-order valence-corrected chi connectivity index (χ0v) is 11.6. The zero-order chi connectivity index (χ0) is 11.8. The zero-order valence-electron chi connectivity index (χ0n) is 10.8. The van der Waals surface area contributed by atoms with Crippen LogP contribution < -0.4 is 5.32 Å². The van der Waals surface area contributed by atoms with E-state index in [1.165, 1.54) is 37.1 Å². The molecule has 2 unspecified atom stereocenters. The van der Waals surface area contributed by atoms with E-state index in [0.29, 0.717) is 6.04 Å². The summed E-state index contributed by atoms with van der Waals surface area (Å²) in [6.45, 7) is 4.59. The van der Waals surface area contributed by atoms with Crippen LogP contribution in [0.1, 0.15) is 35.1 Å². The van der Waals surface area contributed by atoms with Crippen molar-refractivity contribution in [1.82, 2.24) is 10.2 Å². The van der Waals surface area contributed by atoms with E-state index in [0.717, 1.165) is 12.6 Å². The summed E-state index contributed by atoms with van der Waals surface area (Å²) in [5.41, 5.74) is 1.63. The number of nitrogens with one attached hydrogen (secondary N) is 1. The van der Waals surface area contributed by atoms with Gasteiger partial charge in [-0.25, -0.2) is 0 Å². The molecule has 0 saturated carbocycles. The summed E-state index contributed by atoms with van der Waals surface area (Å²) in [6, 6.07) is 3.86. The number of nitrogens with zero attached hydrogens (tertiary/aromatic N) is 1.